The van der Waals surface area contributed by atoms with Gasteiger partial charge in [0.25, 0.3) is 0 Å². The van der Waals surface area contributed by atoms with E-state index < -0.39 is 5.60 Å². The van der Waals surface area contributed by atoms with E-state index in [9.17, 15) is 5.11 Å². The van der Waals surface area contributed by atoms with Crippen LogP contribution in [0.15, 0.2) is 24.3 Å². The summed E-state index contributed by atoms with van der Waals surface area (Å²) in [4.78, 5) is 0. The van der Waals surface area contributed by atoms with Crippen molar-refractivity contribution in [3.05, 3.63) is 35.5 Å². The van der Waals surface area contributed by atoms with Crippen LogP contribution in [0.5, 0.6) is 0 Å². The highest BCUT2D eigenvalue weighted by molar-refractivity contribution is 5.86. The molecular weight excluding hydrogens is 248 g/mol. The number of aryl methyl sites for hydroxylation is 1. The van der Waals surface area contributed by atoms with Crippen LogP contribution >= 0.6 is 0 Å². The second-order valence-electron chi connectivity index (χ2n) is 6.21. The van der Waals surface area contributed by atoms with Crippen molar-refractivity contribution in [2.24, 2.45) is 13.0 Å². The van der Waals surface area contributed by atoms with E-state index in [4.69, 9.17) is 0 Å². The van der Waals surface area contributed by atoms with Gasteiger partial charge in [0.05, 0.1) is 5.60 Å². The average molecular weight is 272 g/mol. The lowest BCUT2D eigenvalue weighted by molar-refractivity contribution is -0.0180. The van der Waals surface area contributed by atoms with Crippen molar-refractivity contribution in [3.63, 3.8) is 0 Å². The van der Waals surface area contributed by atoms with E-state index in [2.05, 4.69) is 48.1 Å². The van der Waals surface area contributed by atoms with Gasteiger partial charge in [-0.2, -0.15) is 0 Å². The molecule has 1 aromatic carbocycles. The Morgan fingerprint density at radius 3 is 2.60 bits per heavy atom. The molecule has 20 heavy (non-hydrogen) atoms. The van der Waals surface area contributed by atoms with Crippen LogP contribution in [0.4, 0.5) is 0 Å². The first kappa shape index (κ1) is 13.7. The Morgan fingerprint density at radius 1 is 1.25 bits per heavy atom. The number of fused-ring (bicyclic) bond motifs is 1. The monoisotopic (exact) mass is 272 g/mol. The third kappa shape index (κ3) is 1.97. The summed E-state index contributed by atoms with van der Waals surface area (Å²) < 4.78 is 2.19. The van der Waals surface area contributed by atoms with Gasteiger partial charge in [-0.3, -0.25) is 0 Å². The molecule has 1 aliphatic rings. The molecule has 1 fully saturated rings. The summed E-state index contributed by atoms with van der Waals surface area (Å²) in [7, 11) is 2.08. The number of nitrogens with zero attached hydrogens (tertiary/aromatic N) is 1. The zero-order chi connectivity index (χ0) is 14.3. The Morgan fingerprint density at radius 2 is 1.90 bits per heavy atom. The molecule has 0 spiro atoms. The zero-order valence-electron chi connectivity index (χ0n) is 12.6. The van der Waals surface area contributed by atoms with Crippen LogP contribution in [-0.2, 0) is 12.6 Å². The van der Waals surface area contributed by atoms with Crippen molar-refractivity contribution in [2.75, 3.05) is 13.1 Å². The molecule has 0 radical (unpaired) electrons. The second kappa shape index (κ2) is 4.90. The fourth-order valence-electron chi connectivity index (χ4n) is 3.75. The first-order valence-corrected chi connectivity index (χ1v) is 7.51. The van der Waals surface area contributed by atoms with E-state index in [0.29, 0.717) is 5.92 Å². The van der Waals surface area contributed by atoms with Gasteiger partial charge in [-0.25, -0.2) is 0 Å². The summed E-state index contributed by atoms with van der Waals surface area (Å²) in [6, 6.07) is 8.38. The first-order chi connectivity index (χ1) is 9.53. The van der Waals surface area contributed by atoms with Crippen molar-refractivity contribution in [1.82, 2.24) is 9.88 Å². The number of hydrogen-bond donors (Lipinski definition) is 2. The summed E-state index contributed by atoms with van der Waals surface area (Å²) >= 11 is 0. The third-order valence-electron chi connectivity index (χ3n) is 5.04. The van der Waals surface area contributed by atoms with E-state index in [-0.39, 0.29) is 0 Å². The minimum Gasteiger partial charge on any atom is -0.385 e. The highest BCUT2D eigenvalue weighted by Crippen LogP contribution is 2.41. The van der Waals surface area contributed by atoms with Crippen molar-refractivity contribution in [1.29, 1.82) is 0 Å². The van der Waals surface area contributed by atoms with Gasteiger partial charge in [0, 0.05) is 29.2 Å². The number of nitrogens with one attached hydrogen (secondary N) is 1. The molecular formula is C17H24N2O. The first-order valence-electron chi connectivity index (χ1n) is 7.51. The van der Waals surface area contributed by atoms with Crippen molar-refractivity contribution >= 4 is 10.9 Å². The minimum atomic E-state index is -0.757. The molecule has 3 rings (SSSR count). The average Bonchev–Trinajstić information content (AvgIpc) is 2.73. The summed E-state index contributed by atoms with van der Waals surface area (Å²) in [5.41, 5.74) is 2.74. The Bertz CT molecular complexity index is 621. The normalized spacial score (nSPS) is 20.2. The van der Waals surface area contributed by atoms with Crippen molar-refractivity contribution in [2.45, 2.75) is 32.3 Å². The SMILES string of the molecule is Cc1c(C(C)(O)C2CCNCC2)c2ccccc2n1C. The quantitative estimate of drug-likeness (QED) is 0.882. The topological polar surface area (TPSA) is 37.2 Å². The predicted molar refractivity (Wildman–Crippen MR) is 82.8 cm³/mol. The summed E-state index contributed by atoms with van der Waals surface area (Å²) in [6.07, 6.45) is 2.07. The molecule has 2 N–H and O–H groups in total. The van der Waals surface area contributed by atoms with Crippen LogP contribution in [0.2, 0.25) is 0 Å². The molecule has 0 bridgehead atoms. The van der Waals surface area contributed by atoms with Crippen molar-refractivity contribution in [3.8, 4) is 0 Å². The molecule has 0 amide bonds. The number of para-hydroxylation sites is 1. The van der Waals surface area contributed by atoms with Gasteiger partial charge in [-0.05, 0) is 51.8 Å². The van der Waals surface area contributed by atoms with E-state index in [0.717, 1.165) is 31.5 Å². The van der Waals surface area contributed by atoms with E-state index in [1.807, 2.05) is 6.92 Å². The Labute approximate surface area is 120 Å². The minimum absolute atomic E-state index is 0.327. The maximum atomic E-state index is 11.3. The van der Waals surface area contributed by atoms with E-state index in [1.54, 1.807) is 0 Å². The molecule has 0 aliphatic carbocycles. The molecule has 0 saturated carbocycles. The molecule has 2 aromatic rings. The smallest absolute Gasteiger partial charge is 0.0920 e. The van der Waals surface area contributed by atoms with Gasteiger partial charge < -0.3 is 15.0 Å². The van der Waals surface area contributed by atoms with Gasteiger partial charge in [0.15, 0.2) is 0 Å². The molecule has 2 heterocycles. The maximum absolute atomic E-state index is 11.3. The molecule has 108 valence electrons. The fourth-order valence-corrected chi connectivity index (χ4v) is 3.75. The third-order valence-corrected chi connectivity index (χ3v) is 5.04. The van der Waals surface area contributed by atoms with Crippen LogP contribution in [0.3, 0.4) is 0 Å². The molecule has 3 nitrogen and oxygen atoms in total. The van der Waals surface area contributed by atoms with Crippen LogP contribution in [0, 0.1) is 12.8 Å². The largest absolute Gasteiger partial charge is 0.385 e. The van der Waals surface area contributed by atoms with E-state index >= 15 is 0 Å². The highest BCUT2D eigenvalue weighted by atomic mass is 16.3. The van der Waals surface area contributed by atoms with Gasteiger partial charge in [-0.1, -0.05) is 18.2 Å². The Kier molecular flexibility index (Phi) is 3.35. The van der Waals surface area contributed by atoms with Gasteiger partial charge in [0.1, 0.15) is 0 Å². The highest BCUT2D eigenvalue weighted by Gasteiger charge is 2.38. The lowest BCUT2D eigenvalue weighted by Crippen LogP contribution is -2.40. The number of hydrogen-bond acceptors (Lipinski definition) is 2. The van der Waals surface area contributed by atoms with Gasteiger partial charge in [-0.15, -0.1) is 0 Å². The molecule has 3 heteroatoms. The number of aromatic nitrogens is 1. The maximum Gasteiger partial charge on any atom is 0.0920 e. The van der Waals surface area contributed by atoms with Crippen molar-refractivity contribution < 1.29 is 5.11 Å². The van der Waals surface area contributed by atoms with E-state index in [1.165, 1.54) is 16.6 Å². The fraction of sp³-hybridized carbons (Fsp3) is 0.529. The Balaban J connectivity index is 2.15. The number of rotatable bonds is 2. The molecule has 1 aromatic heterocycles. The summed E-state index contributed by atoms with van der Waals surface area (Å²) in [6.45, 7) is 6.12. The summed E-state index contributed by atoms with van der Waals surface area (Å²) in [5.74, 6) is 0.327. The number of benzene rings is 1. The van der Waals surface area contributed by atoms with Crippen LogP contribution in [0.1, 0.15) is 31.0 Å². The zero-order valence-corrected chi connectivity index (χ0v) is 12.6. The van der Waals surface area contributed by atoms with Gasteiger partial charge in [0.2, 0.25) is 0 Å². The standard InChI is InChI=1S/C17H24N2O/c1-12-16(14-6-4-5-7-15(14)19(12)3)17(2,20)13-8-10-18-11-9-13/h4-7,13,18,20H,8-11H2,1-3H3. The summed E-state index contributed by atoms with van der Waals surface area (Å²) in [5, 5.41) is 15.8. The molecule has 1 saturated heterocycles. The van der Waals surface area contributed by atoms with Crippen LogP contribution < -0.4 is 5.32 Å². The number of piperidine rings is 1. The lowest BCUT2D eigenvalue weighted by Gasteiger charge is -2.36. The number of aliphatic hydroxyl groups is 1. The Hall–Kier alpha value is -1.32. The lowest BCUT2D eigenvalue weighted by atomic mass is 9.76. The van der Waals surface area contributed by atoms with Crippen LogP contribution in [0.25, 0.3) is 10.9 Å². The second-order valence-corrected chi connectivity index (χ2v) is 6.21. The van der Waals surface area contributed by atoms with Gasteiger partial charge >= 0.3 is 0 Å². The molecule has 1 unspecified atom stereocenters. The predicted octanol–water partition coefficient (Wildman–Crippen LogP) is 2.69. The van der Waals surface area contributed by atoms with Crippen LogP contribution in [-0.4, -0.2) is 22.8 Å². The molecule has 1 aliphatic heterocycles. The molecule has 1 atom stereocenters.